The highest BCUT2D eigenvalue weighted by molar-refractivity contribution is 7.99. The predicted octanol–water partition coefficient (Wildman–Crippen LogP) is 3.24. The molecule has 8 heteroatoms. The standard InChI is InChI=1S/C12H11F3N4S/c1-7-2-4-8(5-3-7)20-10-6-9(19-16)17-11(18-10)12(13,14)15/h2-6H,16H2,1H3,(H,17,18,19). The molecule has 1 heterocycles. The van der Waals surface area contributed by atoms with Gasteiger partial charge in [-0.2, -0.15) is 13.2 Å². The molecule has 4 nitrogen and oxygen atoms in total. The van der Waals surface area contributed by atoms with Crippen molar-refractivity contribution in [1.29, 1.82) is 0 Å². The third-order valence-electron chi connectivity index (χ3n) is 2.35. The van der Waals surface area contributed by atoms with Crippen molar-refractivity contribution in [2.45, 2.75) is 23.0 Å². The van der Waals surface area contributed by atoms with Crippen LogP contribution in [0.4, 0.5) is 19.0 Å². The summed E-state index contributed by atoms with van der Waals surface area (Å²) in [5.74, 6) is 3.83. The summed E-state index contributed by atoms with van der Waals surface area (Å²) in [7, 11) is 0. The Morgan fingerprint density at radius 3 is 2.35 bits per heavy atom. The van der Waals surface area contributed by atoms with E-state index >= 15 is 0 Å². The van der Waals surface area contributed by atoms with E-state index in [9.17, 15) is 13.2 Å². The zero-order valence-corrected chi connectivity index (χ0v) is 11.2. The molecule has 0 aliphatic rings. The molecule has 106 valence electrons. The second kappa shape index (κ2) is 5.68. The van der Waals surface area contributed by atoms with Gasteiger partial charge in [0.15, 0.2) is 0 Å². The first kappa shape index (κ1) is 14.6. The third-order valence-corrected chi connectivity index (χ3v) is 3.27. The highest BCUT2D eigenvalue weighted by Crippen LogP contribution is 2.32. The zero-order valence-electron chi connectivity index (χ0n) is 10.4. The number of rotatable bonds is 3. The fourth-order valence-corrected chi connectivity index (χ4v) is 2.22. The van der Waals surface area contributed by atoms with Gasteiger partial charge in [-0.3, -0.25) is 0 Å². The van der Waals surface area contributed by atoms with Crippen LogP contribution in [0.3, 0.4) is 0 Å². The molecule has 3 N–H and O–H groups in total. The quantitative estimate of drug-likeness (QED) is 0.517. The van der Waals surface area contributed by atoms with E-state index in [4.69, 9.17) is 5.84 Å². The lowest BCUT2D eigenvalue weighted by Gasteiger charge is -2.09. The Hall–Kier alpha value is -1.80. The van der Waals surface area contributed by atoms with E-state index in [1.165, 1.54) is 6.07 Å². The molecule has 0 saturated carbocycles. The monoisotopic (exact) mass is 300 g/mol. The molecule has 1 aromatic heterocycles. The summed E-state index contributed by atoms with van der Waals surface area (Å²) >= 11 is 1.11. The van der Waals surface area contributed by atoms with Crippen LogP contribution < -0.4 is 11.3 Å². The number of anilines is 1. The number of nitrogens with one attached hydrogen (secondary N) is 1. The summed E-state index contributed by atoms with van der Waals surface area (Å²) in [5.41, 5.74) is 3.18. The highest BCUT2D eigenvalue weighted by Gasteiger charge is 2.35. The van der Waals surface area contributed by atoms with E-state index in [2.05, 4.69) is 15.4 Å². The molecule has 2 rings (SSSR count). The maximum Gasteiger partial charge on any atom is 0.451 e. The Morgan fingerprint density at radius 1 is 1.15 bits per heavy atom. The van der Waals surface area contributed by atoms with Gasteiger partial charge in [-0.15, -0.1) is 0 Å². The minimum Gasteiger partial charge on any atom is -0.308 e. The van der Waals surface area contributed by atoms with E-state index < -0.39 is 12.0 Å². The summed E-state index contributed by atoms with van der Waals surface area (Å²) in [6, 6.07) is 8.72. The molecule has 0 aliphatic heterocycles. The van der Waals surface area contributed by atoms with Crippen LogP contribution in [-0.2, 0) is 6.18 Å². The van der Waals surface area contributed by atoms with Crippen molar-refractivity contribution in [2.24, 2.45) is 5.84 Å². The first-order chi connectivity index (χ1) is 9.38. The van der Waals surface area contributed by atoms with Gasteiger partial charge in [0, 0.05) is 11.0 Å². The number of hydrogen-bond acceptors (Lipinski definition) is 5. The number of nitrogens with zero attached hydrogens (tertiary/aromatic N) is 2. The van der Waals surface area contributed by atoms with Crippen LogP contribution in [0.1, 0.15) is 11.4 Å². The van der Waals surface area contributed by atoms with E-state index in [1.807, 2.05) is 31.2 Å². The van der Waals surface area contributed by atoms with Gasteiger partial charge in [-0.05, 0) is 19.1 Å². The minimum absolute atomic E-state index is 0.0815. The lowest BCUT2D eigenvalue weighted by Crippen LogP contribution is -2.16. The van der Waals surface area contributed by atoms with Crippen LogP contribution in [0.25, 0.3) is 0 Å². The maximum atomic E-state index is 12.7. The Bertz CT molecular complexity index is 599. The second-order valence-corrected chi connectivity index (χ2v) is 5.07. The van der Waals surface area contributed by atoms with E-state index in [-0.39, 0.29) is 10.8 Å². The first-order valence-electron chi connectivity index (χ1n) is 5.56. The number of benzene rings is 1. The van der Waals surface area contributed by atoms with Crippen LogP contribution >= 0.6 is 11.8 Å². The van der Waals surface area contributed by atoms with Crippen molar-refractivity contribution in [3.05, 3.63) is 41.7 Å². The summed E-state index contributed by atoms with van der Waals surface area (Å²) in [6.07, 6.45) is -4.62. The fraction of sp³-hybridized carbons (Fsp3) is 0.167. The molecule has 1 aromatic carbocycles. The fourth-order valence-electron chi connectivity index (χ4n) is 1.41. The number of aryl methyl sites for hydroxylation is 1. The zero-order chi connectivity index (χ0) is 14.8. The number of aromatic nitrogens is 2. The molecule has 0 radical (unpaired) electrons. The molecule has 0 fully saturated rings. The lowest BCUT2D eigenvalue weighted by atomic mass is 10.2. The lowest BCUT2D eigenvalue weighted by molar-refractivity contribution is -0.145. The van der Waals surface area contributed by atoms with Gasteiger partial charge in [0.05, 0.1) is 0 Å². The van der Waals surface area contributed by atoms with Crippen LogP contribution in [0.5, 0.6) is 0 Å². The largest absolute Gasteiger partial charge is 0.451 e. The van der Waals surface area contributed by atoms with Gasteiger partial charge in [0.2, 0.25) is 5.82 Å². The molecular formula is C12H11F3N4S. The molecule has 0 saturated heterocycles. The molecule has 0 aliphatic carbocycles. The number of nitrogens with two attached hydrogens (primary N) is 1. The number of alkyl halides is 3. The number of hydrogen-bond donors (Lipinski definition) is 2. The van der Waals surface area contributed by atoms with Crippen LogP contribution in [-0.4, -0.2) is 9.97 Å². The molecular weight excluding hydrogens is 289 g/mol. The molecule has 0 amide bonds. The van der Waals surface area contributed by atoms with E-state index in [0.717, 1.165) is 22.2 Å². The van der Waals surface area contributed by atoms with Gasteiger partial charge in [-0.25, -0.2) is 15.8 Å². The third kappa shape index (κ3) is 3.61. The summed E-state index contributed by atoms with van der Waals surface area (Å²) < 4.78 is 38.0. The summed E-state index contributed by atoms with van der Waals surface area (Å²) in [4.78, 5) is 7.58. The van der Waals surface area contributed by atoms with Crippen molar-refractivity contribution in [3.63, 3.8) is 0 Å². The van der Waals surface area contributed by atoms with Crippen LogP contribution in [0.2, 0.25) is 0 Å². The normalized spacial score (nSPS) is 11.4. The van der Waals surface area contributed by atoms with E-state index in [0.29, 0.717) is 0 Å². The van der Waals surface area contributed by atoms with Crippen molar-refractivity contribution in [2.75, 3.05) is 5.43 Å². The van der Waals surface area contributed by atoms with E-state index in [1.54, 1.807) is 0 Å². The Labute approximate surface area is 117 Å². The van der Waals surface area contributed by atoms with Crippen molar-refractivity contribution in [3.8, 4) is 0 Å². The molecule has 0 spiro atoms. The van der Waals surface area contributed by atoms with Crippen molar-refractivity contribution >= 4 is 17.6 Å². The van der Waals surface area contributed by atoms with Gasteiger partial charge >= 0.3 is 6.18 Å². The SMILES string of the molecule is Cc1ccc(Sc2cc(NN)nc(C(F)(F)F)n2)cc1. The molecule has 0 unspecified atom stereocenters. The smallest absolute Gasteiger partial charge is 0.308 e. The van der Waals surface area contributed by atoms with Gasteiger partial charge in [-0.1, -0.05) is 29.5 Å². The van der Waals surface area contributed by atoms with Crippen molar-refractivity contribution < 1.29 is 13.2 Å². The first-order valence-corrected chi connectivity index (χ1v) is 6.37. The Kier molecular flexibility index (Phi) is 4.15. The second-order valence-electron chi connectivity index (χ2n) is 3.97. The van der Waals surface area contributed by atoms with Crippen LogP contribution in [0.15, 0.2) is 40.3 Å². The predicted molar refractivity (Wildman–Crippen MR) is 70.1 cm³/mol. The molecule has 2 aromatic rings. The Balaban J connectivity index is 2.33. The average molecular weight is 300 g/mol. The Morgan fingerprint density at radius 2 is 1.80 bits per heavy atom. The molecule has 0 bridgehead atoms. The summed E-state index contributed by atoms with van der Waals surface area (Å²) in [6.45, 7) is 1.93. The van der Waals surface area contributed by atoms with Crippen LogP contribution in [0, 0.1) is 6.92 Å². The average Bonchev–Trinajstić information content (AvgIpc) is 2.40. The topological polar surface area (TPSA) is 63.8 Å². The van der Waals surface area contributed by atoms with Gasteiger partial charge < -0.3 is 5.43 Å². The van der Waals surface area contributed by atoms with Gasteiger partial charge in [0.1, 0.15) is 10.8 Å². The van der Waals surface area contributed by atoms with Crippen molar-refractivity contribution in [1.82, 2.24) is 9.97 Å². The van der Waals surface area contributed by atoms with Gasteiger partial charge in [0.25, 0.3) is 0 Å². The molecule has 0 atom stereocenters. The number of nitrogen functional groups attached to an aromatic ring is 1. The highest BCUT2D eigenvalue weighted by atomic mass is 32.2. The summed E-state index contributed by atoms with van der Waals surface area (Å²) in [5, 5.41) is 0.170. The number of halogens is 3. The minimum atomic E-state index is -4.62. The molecule has 20 heavy (non-hydrogen) atoms. The number of hydrazine groups is 1. The maximum absolute atomic E-state index is 12.7.